The Morgan fingerprint density at radius 1 is 0.833 bits per heavy atom. The molecule has 2 atom stereocenters. The lowest BCUT2D eigenvalue weighted by atomic mass is 9.92. The Kier molecular flexibility index (Phi) is 7.99. The van der Waals surface area contributed by atoms with E-state index in [-0.39, 0.29) is 40.5 Å². The Hall–Kier alpha value is -3.97. The Balaban J connectivity index is 1.57. The van der Waals surface area contributed by atoms with Gasteiger partial charge in [-0.25, -0.2) is 23.1 Å². The maximum absolute atomic E-state index is 14.0. The van der Waals surface area contributed by atoms with Crippen molar-refractivity contribution < 1.29 is 39.5 Å². The number of alkyl halides is 6. The van der Waals surface area contributed by atoms with Gasteiger partial charge in [-0.1, -0.05) is 60.7 Å². The molecule has 0 radical (unpaired) electrons. The van der Waals surface area contributed by atoms with Crippen LogP contribution in [0.2, 0.25) is 0 Å². The van der Waals surface area contributed by atoms with Gasteiger partial charge in [0.25, 0.3) is 10.0 Å². The molecule has 1 aliphatic rings. The first-order chi connectivity index (χ1) is 19.8. The standard InChI is InChI=1S/C29H23F6N3O3S/c30-28(31,32)25-12-5-4-11-23(25)26-24(17-36-27(37-26)38-42(39,40)22-9-2-1-3-10-22)20-8-6-7-18(15-20)19-13-14-21(16-19)41-29(33,34)35/h1-12,15,17,19,21H,13-14,16H2,(H,36,37,38)/t19-,21-/m1/s1. The number of sulfonamides is 1. The topological polar surface area (TPSA) is 81.2 Å². The van der Waals surface area contributed by atoms with Crippen LogP contribution in [0, 0.1) is 0 Å². The first kappa shape index (κ1) is 29.5. The Bertz CT molecular complexity index is 1680. The minimum atomic E-state index is -4.75. The van der Waals surface area contributed by atoms with Gasteiger partial charge >= 0.3 is 12.5 Å². The summed E-state index contributed by atoms with van der Waals surface area (Å²) in [4.78, 5) is 8.24. The smallest absolute Gasteiger partial charge is 0.289 e. The molecule has 0 spiro atoms. The van der Waals surface area contributed by atoms with Crippen LogP contribution in [0.4, 0.5) is 32.3 Å². The van der Waals surface area contributed by atoms with Crippen LogP contribution >= 0.6 is 0 Å². The van der Waals surface area contributed by atoms with E-state index < -0.39 is 40.2 Å². The summed E-state index contributed by atoms with van der Waals surface area (Å²) in [5, 5.41) is 0. The lowest BCUT2D eigenvalue weighted by molar-refractivity contribution is -0.341. The number of halogens is 6. The molecule has 13 heteroatoms. The first-order valence-electron chi connectivity index (χ1n) is 12.8. The number of hydrogen-bond acceptors (Lipinski definition) is 5. The second-order valence-electron chi connectivity index (χ2n) is 9.74. The highest BCUT2D eigenvalue weighted by molar-refractivity contribution is 7.92. The second kappa shape index (κ2) is 11.4. The van der Waals surface area contributed by atoms with E-state index >= 15 is 0 Å². The lowest BCUT2D eigenvalue weighted by Crippen LogP contribution is -2.21. The number of nitrogens with one attached hydrogen (secondary N) is 1. The maximum Gasteiger partial charge on any atom is 0.522 e. The van der Waals surface area contributed by atoms with Crippen LogP contribution in [0.5, 0.6) is 0 Å². The van der Waals surface area contributed by atoms with Crippen LogP contribution in [-0.4, -0.2) is 30.9 Å². The Morgan fingerprint density at radius 3 is 2.26 bits per heavy atom. The van der Waals surface area contributed by atoms with Crippen molar-refractivity contribution in [3.63, 3.8) is 0 Å². The van der Waals surface area contributed by atoms with Crippen LogP contribution in [0.1, 0.15) is 36.3 Å². The SMILES string of the molecule is O=S(=O)(Nc1ncc(-c2cccc([C@@H]3CC[C@@H](OC(F)(F)F)C3)c2)c(-c2ccccc2C(F)(F)F)n1)c1ccccc1. The molecular weight excluding hydrogens is 584 g/mol. The summed E-state index contributed by atoms with van der Waals surface area (Å²) in [6, 6.07) is 18.8. The molecule has 0 amide bonds. The molecule has 1 aromatic heterocycles. The number of anilines is 1. The highest BCUT2D eigenvalue weighted by Crippen LogP contribution is 2.42. The molecule has 0 bridgehead atoms. The number of ether oxygens (including phenoxy) is 1. The van der Waals surface area contributed by atoms with Gasteiger partial charge in [0.05, 0.1) is 22.3 Å². The number of aromatic nitrogens is 2. The highest BCUT2D eigenvalue weighted by Gasteiger charge is 2.38. The number of rotatable bonds is 7. The van der Waals surface area contributed by atoms with Crippen molar-refractivity contribution in [2.45, 2.75) is 48.7 Å². The fourth-order valence-corrected chi connectivity index (χ4v) is 6.03. The van der Waals surface area contributed by atoms with Crippen LogP contribution in [-0.2, 0) is 20.9 Å². The molecule has 4 aromatic rings. The summed E-state index contributed by atoms with van der Waals surface area (Å²) < 4.78 is 112. The average Bonchev–Trinajstić information content (AvgIpc) is 3.40. The molecule has 220 valence electrons. The van der Waals surface area contributed by atoms with Gasteiger partial charge < -0.3 is 0 Å². The molecule has 0 saturated heterocycles. The maximum atomic E-state index is 14.0. The fourth-order valence-electron chi connectivity index (χ4n) is 5.06. The monoisotopic (exact) mass is 607 g/mol. The summed E-state index contributed by atoms with van der Waals surface area (Å²) in [7, 11) is -4.15. The zero-order valence-electron chi connectivity index (χ0n) is 21.7. The third-order valence-corrected chi connectivity index (χ3v) is 8.25. The van der Waals surface area contributed by atoms with Gasteiger partial charge in [-0.05, 0) is 54.5 Å². The minimum Gasteiger partial charge on any atom is -0.289 e. The molecule has 6 nitrogen and oxygen atoms in total. The third kappa shape index (κ3) is 6.73. The molecule has 1 N–H and O–H groups in total. The quantitative estimate of drug-likeness (QED) is 0.217. The van der Waals surface area contributed by atoms with E-state index in [1.54, 1.807) is 30.3 Å². The van der Waals surface area contributed by atoms with E-state index in [4.69, 9.17) is 0 Å². The van der Waals surface area contributed by atoms with E-state index in [0.29, 0.717) is 17.5 Å². The Morgan fingerprint density at radius 2 is 1.55 bits per heavy atom. The van der Waals surface area contributed by atoms with Crippen LogP contribution in [0.15, 0.2) is 90.0 Å². The summed E-state index contributed by atoms with van der Waals surface area (Å²) >= 11 is 0. The predicted octanol–water partition coefficient (Wildman–Crippen LogP) is 7.80. The molecule has 1 saturated carbocycles. The Labute approximate surface area is 237 Å². The van der Waals surface area contributed by atoms with Gasteiger partial charge in [0.15, 0.2) is 0 Å². The van der Waals surface area contributed by atoms with Crippen molar-refractivity contribution in [2.24, 2.45) is 0 Å². The van der Waals surface area contributed by atoms with E-state index in [0.717, 1.165) is 6.07 Å². The van der Waals surface area contributed by atoms with Gasteiger partial charge in [-0.2, -0.15) is 13.2 Å². The summed E-state index contributed by atoms with van der Waals surface area (Å²) in [6.07, 6.45) is -8.49. The molecule has 42 heavy (non-hydrogen) atoms. The number of benzene rings is 3. The zero-order chi connectivity index (χ0) is 30.1. The van der Waals surface area contributed by atoms with Gasteiger partial charge in [-0.3, -0.25) is 4.74 Å². The van der Waals surface area contributed by atoms with Crippen LogP contribution in [0.25, 0.3) is 22.4 Å². The van der Waals surface area contributed by atoms with E-state index in [1.165, 1.54) is 48.7 Å². The molecule has 5 rings (SSSR count). The van der Waals surface area contributed by atoms with Crippen molar-refractivity contribution >= 4 is 16.0 Å². The molecule has 1 heterocycles. The summed E-state index contributed by atoms with van der Waals surface area (Å²) in [5.74, 6) is -0.699. The molecular formula is C29H23F6N3O3S. The summed E-state index contributed by atoms with van der Waals surface area (Å²) in [6.45, 7) is 0. The zero-order valence-corrected chi connectivity index (χ0v) is 22.5. The third-order valence-electron chi connectivity index (χ3n) is 6.91. The van der Waals surface area contributed by atoms with Crippen molar-refractivity contribution in [1.82, 2.24) is 9.97 Å². The predicted molar refractivity (Wildman–Crippen MR) is 143 cm³/mol. The van der Waals surface area contributed by atoms with Gasteiger partial charge in [0.1, 0.15) is 0 Å². The first-order valence-corrected chi connectivity index (χ1v) is 14.2. The molecule has 0 unspecified atom stereocenters. The van der Waals surface area contributed by atoms with E-state index in [1.807, 2.05) is 0 Å². The summed E-state index contributed by atoms with van der Waals surface area (Å²) in [5.41, 5.74) is -0.182. The van der Waals surface area contributed by atoms with E-state index in [2.05, 4.69) is 19.4 Å². The largest absolute Gasteiger partial charge is 0.522 e. The molecule has 0 aliphatic heterocycles. The second-order valence-corrected chi connectivity index (χ2v) is 11.4. The van der Waals surface area contributed by atoms with Crippen LogP contribution < -0.4 is 4.72 Å². The van der Waals surface area contributed by atoms with Gasteiger partial charge in [0, 0.05) is 17.3 Å². The number of hydrogen-bond donors (Lipinski definition) is 1. The van der Waals surface area contributed by atoms with Crippen molar-refractivity contribution in [2.75, 3.05) is 4.72 Å². The van der Waals surface area contributed by atoms with Crippen molar-refractivity contribution in [3.05, 3.63) is 96.2 Å². The fraction of sp³-hybridized carbons (Fsp3) is 0.241. The molecule has 1 fully saturated rings. The highest BCUT2D eigenvalue weighted by atomic mass is 32.2. The minimum absolute atomic E-state index is 0.0908. The molecule has 3 aromatic carbocycles. The van der Waals surface area contributed by atoms with Gasteiger partial charge in [-0.15, -0.1) is 13.2 Å². The van der Waals surface area contributed by atoms with Crippen molar-refractivity contribution in [3.8, 4) is 22.4 Å². The lowest BCUT2D eigenvalue weighted by Gasteiger charge is -2.18. The van der Waals surface area contributed by atoms with Crippen LogP contribution in [0.3, 0.4) is 0 Å². The van der Waals surface area contributed by atoms with E-state index in [9.17, 15) is 34.8 Å². The average molecular weight is 608 g/mol. The molecule has 1 aliphatic carbocycles. The van der Waals surface area contributed by atoms with Crippen molar-refractivity contribution in [1.29, 1.82) is 0 Å². The normalized spacial score (nSPS) is 17.8. The number of nitrogens with zero attached hydrogens (tertiary/aromatic N) is 2. The van der Waals surface area contributed by atoms with Gasteiger partial charge in [0.2, 0.25) is 5.95 Å².